The topological polar surface area (TPSA) is 99.7 Å². The fourth-order valence-corrected chi connectivity index (χ4v) is 4.71. The van der Waals surface area contributed by atoms with Crippen molar-refractivity contribution in [3.63, 3.8) is 0 Å². The summed E-state index contributed by atoms with van der Waals surface area (Å²) in [6.07, 6.45) is 2.42. The van der Waals surface area contributed by atoms with E-state index in [2.05, 4.69) is 4.98 Å². The molecule has 1 aliphatic heterocycles. The SMILES string of the molecule is COC(=O)c1ccc(C2C(=C(O)c3ccccc3)C(=O)C(=O)N2CCc2c[nH]c3ccccc23)cc1. The number of aliphatic hydroxyl groups excluding tert-OH is 1. The molecular weight excluding hydrogens is 456 g/mol. The summed E-state index contributed by atoms with van der Waals surface area (Å²) in [6, 6.07) is 22.3. The molecule has 0 aliphatic carbocycles. The third-order valence-corrected chi connectivity index (χ3v) is 6.53. The molecule has 1 amide bonds. The van der Waals surface area contributed by atoms with Crippen LogP contribution in [0.2, 0.25) is 0 Å². The number of ketones is 1. The summed E-state index contributed by atoms with van der Waals surface area (Å²) >= 11 is 0. The molecule has 7 heteroatoms. The fourth-order valence-electron chi connectivity index (χ4n) is 4.71. The molecule has 1 aliphatic rings. The number of ether oxygens (including phenoxy) is 1. The van der Waals surface area contributed by atoms with Crippen LogP contribution >= 0.6 is 0 Å². The van der Waals surface area contributed by atoms with Crippen LogP contribution in [0.4, 0.5) is 0 Å². The zero-order valence-electron chi connectivity index (χ0n) is 19.6. The molecule has 0 bridgehead atoms. The third kappa shape index (κ3) is 4.05. The van der Waals surface area contributed by atoms with Crippen LogP contribution in [0.1, 0.15) is 33.1 Å². The molecule has 1 fully saturated rings. The number of nitrogens with one attached hydrogen (secondary N) is 1. The first-order valence-electron chi connectivity index (χ1n) is 11.6. The molecule has 180 valence electrons. The Kier molecular flexibility index (Phi) is 6.12. The van der Waals surface area contributed by atoms with E-state index in [1.807, 2.05) is 30.5 Å². The Morgan fingerprint density at radius 1 is 0.944 bits per heavy atom. The number of carbonyl (C=O) groups excluding carboxylic acids is 3. The van der Waals surface area contributed by atoms with Gasteiger partial charge >= 0.3 is 5.97 Å². The maximum Gasteiger partial charge on any atom is 0.337 e. The Morgan fingerprint density at radius 3 is 2.36 bits per heavy atom. The molecule has 7 nitrogen and oxygen atoms in total. The first kappa shape index (κ1) is 23.1. The van der Waals surface area contributed by atoms with Crippen molar-refractivity contribution in [1.29, 1.82) is 0 Å². The van der Waals surface area contributed by atoms with Crippen LogP contribution in [-0.4, -0.2) is 46.3 Å². The number of carbonyl (C=O) groups is 3. The molecule has 1 unspecified atom stereocenters. The summed E-state index contributed by atoms with van der Waals surface area (Å²) in [5.41, 5.74) is 3.45. The summed E-state index contributed by atoms with van der Waals surface area (Å²) in [5.74, 6) is -2.13. The minimum Gasteiger partial charge on any atom is -0.507 e. The van der Waals surface area contributed by atoms with Crippen molar-refractivity contribution in [3.8, 4) is 0 Å². The van der Waals surface area contributed by atoms with Crippen LogP contribution in [0, 0.1) is 0 Å². The van der Waals surface area contributed by atoms with E-state index in [0.717, 1.165) is 16.5 Å². The van der Waals surface area contributed by atoms with Crippen LogP contribution in [0.5, 0.6) is 0 Å². The Labute approximate surface area is 207 Å². The molecule has 3 aromatic carbocycles. The van der Waals surface area contributed by atoms with E-state index in [0.29, 0.717) is 23.1 Å². The van der Waals surface area contributed by atoms with Gasteiger partial charge in [0.25, 0.3) is 11.7 Å². The number of fused-ring (bicyclic) bond motifs is 1. The number of hydrogen-bond donors (Lipinski definition) is 2. The van der Waals surface area contributed by atoms with Gasteiger partial charge in [-0.05, 0) is 35.7 Å². The van der Waals surface area contributed by atoms with Gasteiger partial charge in [-0.15, -0.1) is 0 Å². The molecular formula is C29H24N2O5. The Bertz CT molecular complexity index is 1490. The predicted octanol–water partition coefficient (Wildman–Crippen LogP) is 4.62. The lowest BCUT2D eigenvalue weighted by atomic mass is 9.94. The molecule has 2 N–H and O–H groups in total. The van der Waals surface area contributed by atoms with Crippen LogP contribution < -0.4 is 0 Å². The average Bonchev–Trinajstić information content (AvgIpc) is 3.45. The number of nitrogens with zero attached hydrogens (tertiary/aromatic N) is 1. The number of benzene rings is 3. The van der Waals surface area contributed by atoms with Gasteiger partial charge in [-0.25, -0.2) is 4.79 Å². The largest absolute Gasteiger partial charge is 0.507 e. The average molecular weight is 481 g/mol. The minimum atomic E-state index is -0.804. The van der Waals surface area contributed by atoms with Crippen molar-refractivity contribution >= 4 is 34.3 Å². The van der Waals surface area contributed by atoms with Gasteiger partial charge in [-0.1, -0.05) is 60.7 Å². The number of aromatic amines is 1. The maximum absolute atomic E-state index is 13.2. The van der Waals surface area contributed by atoms with Gasteiger partial charge in [0.1, 0.15) is 5.76 Å². The number of aromatic nitrogens is 1. The third-order valence-electron chi connectivity index (χ3n) is 6.53. The van der Waals surface area contributed by atoms with Crippen molar-refractivity contribution in [1.82, 2.24) is 9.88 Å². The van der Waals surface area contributed by atoms with Crippen molar-refractivity contribution in [2.24, 2.45) is 0 Å². The number of likely N-dealkylation sites (tertiary alicyclic amines) is 1. The quantitative estimate of drug-likeness (QED) is 0.182. The Balaban J connectivity index is 1.56. The Morgan fingerprint density at radius 2 is 1.64 bits per heavy atom. The standard InChI is InChI=1S/C29H24N2O5/c1-36-29(35)20-13-11-18(12-14-20)25-24(26(32)19-7-3-2-4-8-19)27(33)28(34)31(25)16-15-21-17-30-23-10-6-5-9-22(21)23/h2-14,17,25,30,32H,15-16H2,1H3. The Hall–Kier alpha value is -4.65. The summed E-state index contributed by atoms with van der Waals surface area (Å²) in [5, 5.41) is 12.2. The number of hydrogen-bond acceptors (Lipinski definition) is 5. The number of para-hydroxylation sites is 1. The van der Waals surface area contributed by atoms with Crippen LogP contribution in [0.3, 0.4) is 0 Å². The lowest BCUT2D eigenvalue weighted by molar-refractivity contribution is -0.139. The molecule has 4 aromatic rings. The summed E-state index contributed by atoms with van der Waals surface area (Å²) < 4.78 is 4.78. The summed E-state index contributed by atoms with van der Waals surface area (Å²) in [4.78, 5) is 43.1. The number of esters is 1. The molecule has 1 aromatic heterocycles. The van der Waals surface area contributed by atoms with Gasteiger partial charge in [-0.2, -0.15) is 0 Å². The smallest absolute Gasteiger partial charge is 0.337 e. The first-order valence-corrected chi connectivity index (χ1v) is 11.6. The van der Waals surface area contributed by atoms with E-state index in [1.54, 1.807) is 54.6 Å². The fraction of sp³-hybridized carbons (Fsp3) is 0.138. The van der Waals surface area contributed by atoms with E-state index >= 15 is 0 Å². The molecule has 2 heterocycles. The second-order valence-electron chi connectivity index (χ2n) is 8.58. The molecule has 1 atom stereocenters. The second kappa shape index (κ2) is 9.54. The highest BCUT2D eigenvalue weighted by atomic mass is 16.5. The molecule has 0 saturated carbocycles. The van der Waals surface area contributed by atoms with Gasteiger partial charge < -0.3 is 19.7 Å². The van der Waals surface area contributed by atoms with E-state index in [-0.39, 0.29) is 17.9 Å². The van der Waals surface area contributed by atoms with Crippen molar-refractivity contribution in [3.05, 3.63) is 113 Å². The highest BCUT2D eigenvalue weighted by Crippen LogP contribution is 2.39. The normalized spacial score (nSPS) is 17.0. The van der Waals surface area contributed by atoms with E-state index < -0.39 is 23.7 Å². The molecule has 36 heavy (non-hydrogen) atoms. The number of rotatable bonds is 6. The number of Topliss-reactive ketones (excluding diaryl/α,β-unsaturated/α-hetero) is 1. The van der Waals surface area contributed by atoms with Crippen LogP contribution in [0.25, 0.3) is 16.7 Å². The van der Waals surface area contributed by atoms with Gasteiger partial charge in [0.05, 0.1) is 24.3 Å². The molecule has 1 saturated heterocycles. The number of methoxy groups -OCH3 is 1. The van der Waals surface area contributed by atoms with Crippen molar-refractivity contribution < 1.29 is 24.2 Å². The van der Waals surface area contributed by atoms with Gasteiger partial charge in [0, 0.05) is 29.2 Å². The van der Waals surface area contributed by atoms with Crippen molar-refractivity contribution in [2.75, 3.05) is 13.7 Å². The van der Waals surface area contributed by atoms with E-state index in [9.17, 15) is 19.5 Å². The molecule has 5 rings (SSSR count). The maximum atomic E-state index is 13.2. The number of amides is 1. The van der Waals surface area contributed by atoms with Gasteiger partial charge in [0.15, 0.2) is 0 Å². The van der Waals surface area contributed by atoms with Gasteiger partial charge in [-0.3, -0.25) is 9.59 Å². The minimum absolute atomic E-state index is 0.0240. The number of aliphatic hydroxyl groups is 1. The van der Waals surface area contributed by atoms with Crippen molar-refractivity contribution in [2.45, 2.75) is 12.5 Å². The van der Waals surface area contributed by atoms with Gasteiger partial charge in [0.2, 0.25) is 0 Å². The van der Waals surface area contributed by atoms with Crippen LogP contribution in [-0.2, 0) is 20.7 Å². The van der Waals surface area contributed by atoms with Crippen LogP contribution in [0.15, 0.2) is 90.6 Å². The molecule has 0 radical (unpaired) electrons. The highest BCUT2D eigenvalue weighted by molar-refractivity contribution is 6.46. The molecule has 0 spiro atoms. The zero-order valence-corrected chi connectivity index (χ0v) is 19.6. The highest BCUT2D eigenvalue weighted by Gasteiger charge is 2.45. The monoisotopic (exact) mass is 480 g/mol. The number of H-pyrrole nitrogens is 1. The summed E-state index contributed by atoms with van der Waals surface area (Å²) in [6.45, 7) is 0.265. The predicted molar refractivity (Wildman–Crippen MR) is 135 cm³/mol. The lowest BCUT2D eigenvalue weighted by Gasteiger charge is -2.25. The second-order valence-corrected chi connectivity index (χ2v) is 8.58. The van der Waals surface area contributed by atoms with E-state index in [4.69, 9.17) is 4.74 Å². The lowest BCUT2D eigenvalue weighted by Crippen LogP contribution is -2.31. The summed E-state index contributed by atoms with van der Waals surface area (Å²) in [7, 11) is 1.30. The zero-order chi connectivity index (χ0) is 25.2. The van der Waals surface area contributed by atoms with E-state index in [1.165, 1.54) is 12.0 Å². The first-order chi connectivity index (χ1) is 17.5.